The number of thioether (sulfide) groups is 1. The molecule has 3 aliphatic rings. The topological polar surface area (TPSA) is 153 Å². The Bertz CT molecular complexity index is 1010. The van der Waals surface area contributed by atoms with Gasteiger partial charge in [-0.05, 0) is 56.2 Å². The Hall–Kier alpha value is -2.86. The molecule has 4 heterocycles. The molecule has 3 aliphatic heterocycles. The zero-order valence-electron chi connectivity index (χ0n) is 23.0. The lowest BCUT2D eigenvalue weighted by molar-refractivity contribution is -0.139. The number of aliphatic hydroxyl groups excluding tert-OH is 1. The SMILES string of the molecule is O=C(CCCCC1SCC2NC(=O)NC21)NCCCCCC(=O)N[C@@H](C(=O)N1CCCC1)[C@@H](O)c1ccncc1. The van der Waals surface area contributed by atoms with Gasteiger partial charge < -0.3 is 31.3 Å². The van der Waals surface area contributed by atoms with Crippen LogP contribution in [-0.2, 0) is 14.4 Å². The fourth-order valence-corrected chi connectivity index (χ4v) is 7.13. The summed E-state index contributed by atoms with van der Waals surface area (Å²) in [5.41, 5.74) is 0.536. The number of nitrogens with zero attached hydrogens (tertiary/aromatic N) is 2. The zero-order valence-corrected chi connectivity index (χ0v) is 23.8. The molecule has 4 rings (SSSR count). The minimum absolute atomic E-state index is 0.0406. The van der Waals surface area contributed by atoms with Crippen molar-refractivity contribution < 1.29 is 24.3 Å². The van der Waals surface area contributed by atoms with Gasteiger partial charge in [0.25, 0.3) is 0 Å². The lowest BCUT2D eigenvalue weighted by atomic mass is 10.0. The van der Waals surface area contributed by atoms with Crippen LogP contribution in [0.2, 0.25) is 0 Å². The zero-order chi connectivity index (χ0) is 28.3. The van der Waals surface area contributed by atoms with Crippen LogP contribution in [-0.4, -0.2) is 87.5 Å². The summed E-state index contributed by atoms with van der Waals surface area (Å²) in [6.07, 6.45) is 9.48. The summed E-state index contributed by atoms with van der Waals surface area (Å²) >= 11 is 1.89. The highest BCUT2D eigenvalue weighted by atomic mass is 32.2. The van der Waals surface area contributed by atoms with Gasteiger partial charge in [0.1, 0.15) is 12.1 Å². The molecule has 1 aromatic rings. The molecule has 0 aliphatic carbocycles. The molecule has 5 atom stereocenters. The number of pyridine rings is 1. The number of amides is 5. The Morgan fingerprint density at radius 3 is 2.52 bits per heavy atom. The smallest absolute Gasteiger partial charge is 0.315 e. The molecule has 0 saturated carbocycles. The van der Waals surface area contributed by atoms with Crippen LogP contribution < -0.4 is 21.3 Å². The number of hydrogen-bond acceptors (Lipinski definition) is 7. The van der Waals surface area contributed by atoms with E-state index in [4.69, 9.17) is 0 Å². The quantitative estimate of drug-likeness (QED) is 0.158. The van der Waals surface area contributed by atoms with Gasteiger partial charge in [-0.3, -0.25) is 19.4 Å². The number of rotatable bonds is 15. The second-order valence-electron chi connectivity index (χ2n) is 10.8. The maximum absolute atomic E-state index is 13.1. The summed E-state index contributed by atoms with van der Waals surface area (Å²) in [7, 11) is 0. The first kappa shape index (κ1) is 30.1. The van der Waals surface area contributed by atoms with Gasteiger partial charge in [0, 0.05) is 55.9 Å². The molecule has 3 unspecified atom stereocenters. The van der Waals surface area contributed by atoms with E-state index in [0.717, 1.165) is 50.7 Å². The van der Waals surface area contributed by atoms with Gasteiger partial charge in [0.2, 0.25) is 17.7 Å². The number of carbonyl (C=O) groups excluding carboxylic acids is 4. The Morgan fingerprint density at radius 2 is 1.75 bits per heavy atom. The summed E-state index contributed by atoms with van der Waals surface area (Å²) < 4.78 is 0. The molecule has 0 aromatic carbocycles. The van der Waals surface area contributed by atoms with Gasteiger partial charge >= 0.3 is 6.03 Å². The minimum atomic E-state index is -1.15. The van der Waals surface area contributed by atoms with Crippen molar-refractivity contribution in [3.8, 4) is 0 Å². The average molecular weight is 575 g/mol. The minimum Gasteiger partial charge on any atom is -0.386 e. The van der Waals surface area contributed by atoms with E-state index in [2.05, 4.69) is 26.3 Å². The number of aliphatic hydroxyl groups is 1. The molecule has 12 heteroatoms. The number of unbranched alkanes of at least 4 members (excludes halogenated alkanes) is 3. The van der Waals surface area contributed by atoms with Gasteiger partial charge in [-0.2, -0.15) is 11.8 Å². The van der Waals surface area contributed by atoms with Gasteiger partial charge in [-0.1, -0.05) is 12.8 Å². The predicted octanol–water partition coefficient (Wildman–Crippen LogP) is 1.62. The van der Waals surface area contributed by atoms with E-state index in [0.29, 0.717) is 43.3 Å². The molecule has 11 nitrogen and oxygen atoms in total. The van der Waals surface area contributed by atoms with E-state index in [-0.39, 0.29) is 42.3 Å². The maximum Gasteiger partial charge on any atom is 0.315 e. The average Bonchev–Trinajstić information content (AvgIpc) is 3.70. The normalized spacial score (nSPS) is 23.2. The Labute approximate surface area is 240 Å². The molecule has 0 spiro atoms. The number of aromatic nitrogens is 1. The second kappa shape index (κ2) is 15.2. The highest BCUT2D eigenvalue weighted by molar-refractivity contribution is 8.00. The number of fused-ring (bicyclic) bond motifs is 1. The van der Waals surface area contributed by atoms with Crippen LogP contribution in [0.25, 0.3) is 0 Å². The molecule has 0 radical (unpaired) electrons. The first-order chi connectivity index (χ1) is 19.4. The van der Waals surface area contributed by atoms with E-state index in [1.54, 1.807) is 29.4 Å². The van der Waals surface area contributed by atoms with Gasteiger partial charge in [0.15, 0.2) is 0 Å². The molecule has 5 amide bonds. The monoisotopic (exact) mass is 574 g/mol. The number of nitrogens with one attached hydrogen (secondary N) is 4. The van der Waals surface area contributed by atoms with Crippen LogP contribution in [0.5, 0.6) is 0 Å². The van der Waals surface area contributed by atoms with Crippen molar-refractivity contribution in [3.63, 3.8) is 0 Å². The van der Waals surface area contributed by atoms with Crippen molar-refractivity contribution in [1.82, 2.24) is 31.2 Å². The first-order valence-corrected chi connectivity index (χ1v) is 15.6. The summed E-state index contributed by atoms with van der Waals surface area (Å²) in [4.78, 5) is 55.0. The molecule has 0 bridgehead atoms. The van der Waals surface area contributed by atoms with E-state index in [1.807, 2.05) is 11.8 Å². The third kappa shape index (κ3) is 8.57. The maximum atomic E-state index is 13.1. The van der Waals surface area contributed by atoms with Crippen molar-refractivity contribution >= 4 is 35.5 Å². The van der Waals surface area contributed by atoms with Crippen molar-refractivity contribution in [1.29, 1.82) is 0 Å². The predicted molar refractivity (Wildman–Crippen MR) is 152 cm³/mol. The van der Waals surface area contributed by atoms with Crippen molar-refractivity contribution in [2.24, 2.45) is 0 Å². The molecular weight excluding hydrogens is 532 g/mol. The van der Waals surface area contributed by atoms with Crippen LogP contribution in [0.15, 0.2) is 24.5 Å². The lowest BCUT2D eigenvalue weighted by Crippen LogP contribution is -2.51. The van der Waals surface area contributed by atoms with Crippen LogP contribution in [0, 0.1) is 0 Å². The Kier molecular flexibility index (Phi) is 11.5. The van der Waals surface area contributed by atoms with E-state index < -0.39 is 12.1 Å². The summed E-state index contributed by atoms with van der Waals surface area (Å²) in [5.74, 6) is 0.459. The molecule has 3 saturated heterocycles. The number of urea groups is 1. The molecule has 40 heavy (non-hydrogen) atoms. The van der Waals surface area contributed by atoms with Gasteiger partial charge in [-0.15, -0.1) is 0 Å². The Morgan fingerprint density at radius 1 is 1.02 bits per heavy atom. The molecule has 220 valence electrons. The van der Waals surface area contributed by atoms with Crippen LogP contribution in [0.1, 0.15) is 75.9 Å². The highest BCUT2D eigenvalue weighted by Crippen LogP contribution is 2.33. The number of likely N-dealkylation sites (tertiary alicyclic amines) is 1. The van der Waals surface area contributed by atoms with E-state index in [1.165, 1.54) is 0 Å². The van der Waals surface area contributed by atoms with Gasteiger partial charge in [-0.25, -0.2) is 4.79 Å². The first-order valence-electron chi connectivity index (χ1n) is 14.5. The molecule has 3 fully saturated rings. The van der Waals surface area contributed by atoms with E-state index >= 15 is 0 Å². The van der Waals surface area contributed by atoms with Crippen LogP contribution >= 0.6 is 11.8 Å². The Balaban J connectivity index is 1.07. The van der Waals surface area contributed by atoms with E-state index in [9.17, 15) is 24.3 Å². The number of hydrogen-bond donors (Lipinski definition) is 5. The molecular formula is C28H42N6O5S. The molecule has 1 aromatic heterocycles. The summed E-state index contributed by atoms with van der Waals surface area (Å²) in [5, 5.41) is 23.0. The fourth-order valence-electron chi connectivity index (χ4n) is 5.59. The summed E-state index contributed by atoms with van der Waals surface area (Å²) in [6.45, 7) is 1.84. The van der Waals surface area contributed by atoms with Crippen molar-refractivity contribution in [3.05, 3.63) is 30.1 Å². The third-order valence-corrected chi connectivity index (χ3v) is 9.36. The largest absolute Gasteiger partial charge is 0.386 e. The van der Waals surface area contributed by atoms with Gasteiger partial charge in [0.05, 0.1) is 12.1 Å². The third-order valence-electron chi connectivity index (χ3n) is 7.85. The summed E-state index contributed by atoms with van der Waals surface area (Å²) in [6, 6.07) is 2.62. The van der Waals surface area contributed by atoms with Crippen LogP contribution in [0.4, 0.5) is 4.79 Å². The lowest BCUT2D eigenvalue weighted by Gasteiger charge is -2.28. The standard InChI is InChI=1S/C28H42N6O5S/c35-22(9-4-3-8-21-24-20(18-40-21)31-28(39)33-24)30-13-5-1-2-10-23(36)32-25(27(38)34-16-6-7-17-34)26(37)19-11-14-29-15-12-19/h11-12,14-15,20-21,24-26,37H,1-10,13,16-18H2,(H,30,35)(H,32,36)(H2,31,33,39)/t20?,21?,24?,25-,26+/m1/s1. The second-order valence-corrected chi connectivity index (χ2v) is 12.1. The molecule has 5 N–H and O–H groups in total. The van der Waals surface area contributed by atoms with Crippen molar-refractivity contribution in [2.75, 3.05) is 25.4 Å². The number of carbonyl (C=O) groups is 4. The van der Waals surface area contributed by atoms with Crippen molar-refractivity contribution in [2.45, 2.75) is 93.7 Å². The fraction of sp³-hybridized carbons (Fsp3) is 0.679. The van der Waals surface area contributed by atoms with Crippen LogP contribution in [0.3, 0.4) is 0 Å². The highest BCUT2D eigenvalue weighted by Gasteiger charge is 2.42.